The van der Waals surface area contributed by atoms with Crippen molar-refractivity contribution in [2.75, 3.05) is 6.61 Å². The van der Waals surface area contributed by atoms with Crippen LogP contribution in [0.25, 0.3) is 11.1 Å². The number of ether oxygens (including phenoxy) is 1. The van der Waals surface area contributed by atoms with E-state index < -0.39 is 5.82 Å². The first-order valence-corrected chi connectivity index (χ1v) is 12.4. The number of fused-ring (bicyclic) bond motifs is 5. The molecule has 0 N–H and O–H groups in total. The fraction of sp³-hybridized carbons (Fsp3) is 0.300. The summed E-state index contributed by atoms with van der Waals surface area (Å²) in [5, 5.41) is 9.13. The van der Waals surface area contributed by atoms with Gasteiger partial charge in [-0.1, -0.05) is 48.5 Å². The molecular weight excluding hydrogens is 455 g/mol. The van der Waals surface area contributed by atoms with Crippen LogP contribution in [0.3, 0.4) is 0 Å². The standard InChI is InChI=1S/C30H25FN2O3/c31-28-12-9-18(16-32)13-26(28)29(34)19-14-20-10-11-21(15-19)33(20)30(35)36-17-27-24-7-3-1-5-22(24)23-6-2-4-8-25(23)27/h1-9,12-13,19-21,27H,10-11,14-15,17H2. The molecule has 1 amide bonds. The number of piperidine rings is 1. The number of ketones is 1. The third kappa shape index (κ3) is 3.67. The van der Waals surface area contributed by atoms with Crippen LogP contribution in [0.5, 0.6) is 0 Å². The highest BCUT2D eigenvalue weighted by atomic mass is 19.1. The zero-order valence-corrected chi connectivity index (χ0v) is 19.7. The van der Waals surface area contributed by atoms with Crippen LogP contribution in [0.15, 0.2) is 66.7 Å². The zero-order chi connectivity index (χ0) is 24.8. The molecule has 0 saturated carbocycles. The van der Waals surface area contributed by atoms with Crippen molar-refractivity contribution in [2.24, 2.45) is 5.92 Å². The van der Waals surface area contributed by atoms with Crippen molar-refractivity contribution < 1.29 is 18.7 Å². The summed E-state index contributed by atoms with van der Waals surface area (Å²) >= 11 is 0. The summed E-state index contributed by atoms with van der Waals surface area (Å²) in [4.78, 5) is 28.2. The van der Waals surface area contributed by atoms with Gasteiger partial charge in [-0.25, -0.2) is 9.18 Å². The maximum atomic E-state index is 14.4. The number of nitriles is 1. The quantitative estimate of drug-likeness (QED) is 0.425. The first kappa shape index (κ1) is 22.5. The van der Waals surface area contributed by atoms with Gasteiger partial charge in [-0.15, -0.1) is 0 Å². The van der Waals surface area contributed by atoms with Crippen LogP contribution in [-0.4, -0.2) is 35.5 Å². The van der Waals surface area contributed by atoms with Crippen LogP contribution in [-0.2, 0) is 4.74 Å². The summed E-state index contributed by atoms with van der Waals surface area (Å²) in [5.41, 5.74) is 4.93. The maximum Gasteiger partial charge on any atom is 0.410 e. The molecule has 3 aliphatic rings. The van der Waals surface area contributed by atoms with Gasteiger partial charge in [0.25, 0.3) is 0 Å². The van der Waals surface area contributed by atoms with E-state index in [-0.39, 0.29) is 53.5 Å². The normalized spacial score (nSPS) is 22.0. The fourth-order valence-corrected chi connectivity index (χ4v) is 6.36. The topological polar surface area (TPSA) is 70.4 Å². The van der Waals surface area contributed by atoms with E-state index in [1.54, 1.807) is 4.90 Å². The molecule has 2 fully saturated rings. The second-order valence-electron chi connectivity index (χ2n) is 9.94. The van der Waals surface area contributed by atoms with E-state index in [0.29, 0.717) is 12.8 Å². The Balaban J connectivity index is 1.15. The van der Waals surface area contributed by atoms with Crippen molar-refractivity contribution in [3.05, 3.63) is 94.8 Å². The minimum atomic E-state index is -0.606. The van der Waals surface area contributed by atoms with Gasteiger partial charge in [0, 0.05) is 23.9 Å². The Bertz CT molecular complexity index is 1350. The smallest absolute Gasteiger partial charge is 0.410 e. The molecule has 2 atom stereocenters. The third-order valence-corrected chi connectivity index (χ3v) is 8.01. The van der Waals surface area contributed by atoms with Gasteiger partial charge in [0.05, 0.1) is 17.2 Å². The third-order valence-electron chi connectivity index (χ3n) is 8.01. The van der Waals surface area contributed by atoms with Crippen molar-refractivity contribution in [1.29, 1.82) is 5.26 Å². The molecule has 2 heterocycles. The lowest BCUT2D eigenvalue weighted by molar-refractivity contribution is 0.0504. The highest BCUT2D eigenvalue weighted by Crippen LogP contribution is 2.45. The van der Waals surface area contributed by atoms with E-state index in [1.807, 2.05) is 30.3 Å². The number of benzene rings is 3. The number of halogens is 1. The molecule has 1 aliphatic carbocycles. The number of nitrogens with zero attached hydrogens (tertiary/aromatic N) is 2. The molecule has 2 unspecified atom stereocenters. The molecule has 5 nitrogen and oxygen atoms in total. The summed E-state index contributed by atoms with van der Waals surface area (Å²) in [7, 11) is 0. The van der Waals surface area contributed by atoms with Crippen molar-refractivity contribution >= 4 is 11.9 Å². The van der Waals surface area contributed by atoms with Crippen LogP contribution in [0.4, 0.5) is 9.18 Å². The molecule has 2 saturated heterocycles. The molecule has 36 heavy (non-hydrogen) atoms. The Labute approximate surface area is 209 Å². The summed E-state index contributed by atoms with van der Waals surface area (Å²) in [5.74, 6) is -1.27. The van der Waals surface area contributed by atoms with E-state index in [0.717, 1.165) is 12.8 Å². The number of hydrogen-bond acceptors (Lipinski definition) is 4. The number of hydrogen-bond donors (Lipinski definition) is 0. The predicted molar refractivity (Wildman–Crippen MR) is 132 cm³/mol. The lowest BCUT2D eigenvalue weighted by Crippen LogP contribution is -2.48. The Morgan fingerprint density at radius 2 is 1.56 bits per heavy atom. The average Bonchev–Trinajstić information content (AvgIpc) is 3.37. The molecule has 180 valence electrons. The second kappa shape index (κ2) is 8.91. The second-order valence-corrected chi connectivity index (χ2v) is 9.94. The fourth-order valence-electron chi connectivity index (χ4n) is 6.36. The average molecular weight is 481 g/mol. The minimum Gasteiger partial charge on any atom is -0.448 e. The molecule has 6 heteroatoms. The first-order valence-electron chi connectivity index (χ1n) is 12.4. The highest BCUT2D eigenvalue weighted by Gasteiger charge is 2.46. The largest absolute Gasteiger partial charge is 0.448 e. The van der Waals surface area contributed by atoms with Crippen LogP contribution in [0, 0.1) is 23.1 Å². The van der Waals surface area contributed by atoms with Gasteiger partial charge in [-0.2, -0.15) is 5.26 Å². The van der Waals surface area contributed by atoms with E-state index in [2.05, 4.69) is 24.3 Å². The number of carbonyl (C=O) groups excluding carboxylic acids is 2. The van der Waals surface area contributed by atoms with Crippen molar-refractivity contribution in [2.45, 2.75) is 43.7 Å². The van der Waals surface area contributed by atoms with E-state index in [4.69, 9.17) is 10.00 Å². The van der Waals surface area contributed by atoms with Crippen molar-refractivity contribution in [3.8, 4) is 17.2 Å². The summed E-state index contributed by atoms with van der Waals surface area (Å²) in [6, 6.07) is 22.1. The van der Waals surface area contributed by atoms with Gasteiger partial charge >= 0.3 is 6.09 Å². The molecule has 2 aliphatic heterocycles. The first-order chi connectivity index (χ1) is 17.5. The Morgan fingerprint density at radius 3 is 2.17 bits per heavy atom. The molecule has 3 aromatic rings. The zero-order valence-electron chi connectivity index (χ0n) is 19.7. The van der Waals surface area contributed by atoms with E-state index >= 15 is 0 Å². The number of carbonyl (C=O) groups is 2. The Kier molecular flexibility index (Phi) is 5.56. The SMILES string of the molecule is N#Cc1ccc(F)c(C(=O)C2CC3CCC(C2)N3C(=O)OCC2c3ccccc3-c3ccccc32)c1. The van der Waals surface area contributed by atoms with Gasteiger partial charge in [0.2, 0.25) is 0 Å². The summed E-state index contributed by atoms with van der Waals surface area (Å²) < 4.78 is 20.3. The molecule has 0 aromatic heterocycles. The Hall–Kier alpha value is -3.98. The molecule has 0 radical (unpaired) electrons. The van der Waals surface area contributed by atoms with Gasteiger partial charge in [-0.3, -0.25) is 4.79 Å². The van der Waals surface area contributed by atoms with Crippen LogP contribution < -0.4 is 0 Å². The van der Waals surface area contributed by atoms with Crippen molar-refractivity contribution in [1.82, 2.24) is 4.90 Å². The molecule has 0 spiro atoms. The highest BCUT2D eigenvalue weighted by molar-refractivity contribution is 5.98. The lowest BCUT2D eigenvalue weighted by atomic mass is 9.84. The monoisotopic (exact) mass is 480 g/mol. The summed E-state index contributed by atoms with van der Waals surface area (Å²) in [6.07, 6.45) is 2.23. The molecular formula is C30H25FN2O3. The lowest BCUT2D eigenvalue weighted by Gasteiger charge is -2.37. The van der Waals surface area contributed by atoms with Crippen LogP contribution in [0.1, 0.15) is 58.6 Å². The van der Waals surface area contributed by atoms with E-state index in [1.165, 1.54) is 40.5 Å². The van der Waals surface area contributed by atoms with Crippen LogP contribution in [0.2, 0.25) is 0 Å². The summed E-state index contributed by atoms with van der Waals surface area (Å²) in [6.45, 7) is 0.261. The molecule has 6 rings (SSSR count). The van der Waals surface area contributed by atoms with Crippen LogP contribution >= 0.6 is 0 Å². The maximum absolute atomic E-state index is 14.4. The van der Waals surface area contributed by atoms with Gasteiger partial charge in [0.1, 0.15) is 12.4 Å². The van der Waals surface area contributed by atoms with Gasteiger partial charge in [-0.05, 0) is 66.1 Å². The van der Waals surface area contributed by atoms with Gasteiger partial charge in [0.15, 0.2) is 5.78 Å². The number of Topliss-reactive ketones (excluding diaryl/α,β-unsaturated/α-hetero) is 1. The predicted octanol–water partition coefficient (Wildman–Crippen LogP) is 6.07. The minimum absolute atomic E-state index is 0.00601. The number of rotatable bonds is 4. The van der Waals surface area contributed by atoms with Gasteiger partial charge < -0.3 is 9.64 Å². The Morgan fingerprint density at radius 1 is 0.944 bits per heavy atom. The van der Waals surface area contributed by atoms with Crippen molar-refractivity contribution in [3.63, 3.8) is 0 Å². The van der Waals surface area contributed by atoms with E-state index in [9.17, 15) is 14.0 Å². The number of amides is 1. The molecule has 2 bridgehead atoms. The molecule has 3 aromatic carbocycles.